The third-order valence-electron chi connectivity index (χ3n) is 5.43. The van der Waals surface area contributed by atoms with Crippen LogP contribution >= 0.6 is 0 Å². The van der Waals surface area contributed by atoms with Gasteiger partial charge in [0.2, 0.25) is 5.91 Å². The zero-order valence-electron chi connectivity index (χ0n) is 19.1. The number of Topliss-reactive ketones (excluding diaryl/α,β-unsaturated/α-hetero) is 1. The van der Waals surface area contributed by atoms with Crippen LogP contribution in [0.15, 0.2) is 65.3 Å². The monoisotopic (exact) mass is 474 g/mol. The summed E-state index contributed by atoms with van der Waals surface area (Å²) in [5.41, 5.74) is 1.17. The fourth-order valence-corrected chi connectivity index (χ4v) is 3.44. The Kier molecular flexibility index (Phi) is 6.59. The van der Waals surface area contributed by atoms with E-state index in [9.17, 15) is 24.0 Å². The third kappa shape index (κ3) is 5.03. The molecule has 1 aliphatic rings. The largest absolute Gasteiger partial charge is 0.467 e. The van der Waals surface area contributed by atoms with E-state index in [1.165, 1.54) is 36.6 Å². The van der Waals surface area contributed by atoms with Gasteiger partial charge in [-0.15, -0.1) is 0 Å². The van der Waals surface area contributed by atoms with Crippen molar-refractivity contribution in [2.24, 2.45) is 5.92 Å². The fourth-order valence-electron chi connectivity index (χ4n) is 3.44. The van der Waals surface area contributed by atoms with Gasteiger partial charge in [0.25, 0.3) is 11.8 Å². The number of furan rings is 1. The van der Waals surface area contributed by atoms with Crippen LogP contribution in [0.2, 0.25) is 0 Å². The van der Waals surface area contributed by atoms with E-state index in [-0.39, 0.29) is 35.1 Å². The molecule has 1 aliphatic heterocycles. The Hall–Kier alpha value is -4.53. The van der Waals surface area contributed by atoms with Crippen LogP contribution in [0, 0.1) is 5.92 Å². The summed E-state index contributed by atoms with van der Waals surface area (Å²) in [6, 6.07) is 13.6. The molecule has 0 saturated heterocycles. The molecule has 1 aromatic heterocycles. The van der Waals surface area contributed by atoms with Crippen LogP contribution in [0.4, 0.5) is 5.69 Å². The summed E-state index contributed by atoms with van der Waals surface area (Å²) < 4.78 is 10.3. The van der Waals surface area contributed by atoms with Gasteiger partial charge in [0.15, 0.2) is 12.4 Å². The second-order valence-corrected chi connectivity index (χ2v) is 8.26. The van der Waals surface area contributed by atoms with Crippen molar-refractivity contribution in [2.45, 2.75) is 20.4 Å². The number of ether oxygens (including phenoxy) is 1. The van der Waals surface area contributed by atoms with E-state index in [2.05, 4.69) is 5.32 Å². The molecule has 35 heavy (non-hydrogen) atoms. The smallest absolute Gasteiger partial charge is 0.338 e. The van der Waals surface area contributed by atoms with E-state index in [0.717, 1.165) is 4.90 Å². The van der Waals surface area contributed by atoms with Crippen molar-refractivity contribution in [3.05, 3.63) is 88.9 Å². The number of carbonyl (C=O) groups excluding carboxylic acids is 5. The zero-order chi connectivity index (χ0) is 25.1. The number of hydrogen-bond acceptors (Lipinski definition) is 7. The first kappa shape index (κ1) is 23.6. The number of nitrogens with zero attached hydrogens (tertiary/aromatic N) is 1. The summed E-state index contributed by atoms with van der Waals surface area (Å²) in [5, 5.41) is 2.73. The van der Waals surface area contributed by atoms with Gasteiger partial charge in [-0.05, 0) is 54.6 Å². The van der Waals surface area contributed by atoms with Crippen molar-refractivity contribution in [2.75, 3.05) is 11.9 Å². The second kappa shape index (κ2) is 9.76. The van der Waals surface area contributed by atoms with Crippen molar-refractivity contribution in [1.82, 2.24) is 4.90 Å². The number of hydrogen-bond donors (Lipinski definition) is 1. The molecular weight excluding hydrogens is 452 g/mol. The number of imide groups is 1. The van der Waals surface area contributed by atoms with Crippen LogP contribution in [-0.4, -0.2) is 41.0 Å². The topological polar surface area (TPSA) is 123 Å². The normalized spacial score (nSPS) is 12.6. The first-order chi connectivity index (χ1) is 16.7. The van der Waals surface area contributed by atoms with Crippen LogP contribution in [0.3, 0.4) is 0 Å². The predicted octanol–water partition coefficient (Wildman–Crippen LogP) is 3.71. The van der Waals surface area contributed by atoms with E-state index < -0.39 is 30.2 Å². The van der Waals surface area contributed by atoms with Gasteiger partial charge in [-0.2, -0.15) is 0 Å². The van der Waals surface area contributed by atoms with E-state index in [1.54, 1.807) is 38.1 Å². The highest BCUT2D eigenvalue weighted by Gasteiger charge is 2.36. The molecule has 2 aromatic carbocycles. The quantitative estimate of drug-likeness (QED) is 0.300. The van der Waals surface area contributed by atoms with Gasteiger partial charge in [-0.25, -0.2) is 4.79 Å². The first-order valence-electron chi connectivity index (χ1n) is 10.9. The highest BCUT2D eigenvalue weighted by Crippen LogP contribution is 2.26. The molecule has 0 spiro atoms. The number of nitrogens with one attached hydrogen (secondary N) is 1. The molecule has 0 aliphatic carbocycles. The highest BCUT2D eigenvalue weighted by atomic mass is 16.5. The fraction of sp³-hybridized carbons (Fsp3) is 0.192. The minimum Gasteiger partial charge on any atom is -0.467 e. The number of carbonyl (C=O) groups is 5. The second-order valence-electron chi connectivity index (χ2n) is 8.26. The maximum absolute atomic E-state index is 12.7. The summed E-state index contributed by atoms with van der Waals surface area (Å²) >= 11 is 0. The predicted molar refractivity (Wildman–Crippen MR) is 124 cm³/mol. The van der Waals surface area contributed by atoms with Crippen LogP contribution in [0.5, 0.6) is 0 Å². The Morgan fingerprint density at radius 3 is 2.29 bits per heavy atom. The van der Waals surface area contributed by atoms with E-state index in [1.807, 2.05) is 0 Å². The molecule has 0 atom stereocenters. The van der Waals surface area contributed by atoms with Crippen LogP contribution in [0.25, 0.3) is 0 Å². The molecule has 0 unspecified atom stereocenters. The molecular formula is C26H22N2O7. The van der Waals surface area contributed by atoms with Crippen molar-refractivity contribution in [1.29, 1.82) is 0 Å². The van der Waals surface area contributed by atoms with E-state index >= 15 is 0 Å². The highest BCUT2D eigenvalue weighted by molar-refractivity contribution is 6.21. The molecule has 0 fully saturated rings. The molecule has 178 valence electrons. The molecule has 4 rings (SSSR count). The van der Waals surface area contributed by atoms with E-state index in [0.29, 0.717) is 17.0 Å². The van der Waals surface area contributed by atoms with Crippen molar-refractivity contribution < 1.29 is 33.1 Å². The minimum atomic E-state index is -0.799. The molecule has 0 bridgehead atoms. The zero-order valence-corrected chi connectivity index (χ0v) is 19.1. The molecule has 9 heteroatoms. The van der Waals surface area contributed by atoms with Gasteiger partial charge in [0.1, 0.15) is 5.76 Å². The lowest BCUT2D eigenvalue weighted by molar-refractivity contribution is -0.118. The lowest BCUT2D eigenvalue weighted by Gasteiger charge is -2.11. The van der Waals surface area contributed by atoms with Gasteiger partial charge in [0.05, 0.1) is 29.5 Å². The third-order valence-corrected chi connectivity index (χ3v) is 5.43. The number of fused-ring (bicyclic) bond motifs is 1. The molecule has 1 N–H and O–H groups in total. The molecule has 9 nitrogen and oxygen atoms in total. The summed E-state index contributed by atoms with van der Waals surface area (Å²) in [6.07, 6.45) is 1.45. The van der Waals surface area contributed by atoms with Gasteiger partial charge >= 0.3 is 5.97 Å². The summed E-state index contributed by atoms with van der Waals surface area (Å²) in [6.45, 7) is 3.01. The number of ketones is 1. The van der Waals surface area contributed by atoms with Gasteiger partial charge < -0.3 is 14.5 Å². The lowest BCUT2D eigenvalue weighted by Crippen LogP contribution is -2.28. The number of benzene rings is 2. The van der Waals surface area contributed by atoms with Gasteiger partial charge in [-0.1, -0.05) is 13.8 Å². The van der Waals surface area contributed by atoms with Gasteiger partial charge in [0, 0.05) is 17.2 Å². The van der Waals surface area contributed by atoms with Crippen molar-refractivity contribution >= 4 is 35.2 Å². The summed E-state index contributed by atoms with van der Waals surface area (Å²) in [7, 11) is 0. The Balaban J connectivity index is 1.38. The Labute approximate surface area is 200 Å². The maximum Gasteiger partial charge on any atom is 0.338 e. The minimum absolute atomic E-state index is 0.0203. The summed E-state index contributed by atoms with van der Waals surface area (Å²) in [4.78, 5) is 63.0. The lowest BCUT2D eigenvalue weighted by atomic mass is 10.1. The molecule has 0 saturated carbocycles. The van der Waals surface area contributed by atoms with Crippen molar-refractivity contribution in [3.8, 4) is 0 Å². The Bertz CT molecular complexity index is 1310. The SMILES string of the molecule is CC(C)C(=O)Nc1ccc(C(=O)COC(=O)c2ccc3c(c2)C(=O)N(Cc2ccco2)C3=O)cc1. The molecule has 3 aromatic rings. The number of amides is 3. The number of esters is 1. The molecule has 3 amide bonds. The maximum atomic E-state index is 12.7. The number of rotatable bonds is 8. The summed E-state index contributed by atoms with van der Waals surface area (Å²) in [5.74, 6) is -2.13. The van der Waals surface area contributed by atoms with Gasteiger partial charge in [-0.3, -0.25) is 24.1 Å². The average molecular weight is 474 g/mol. The standard InChI is InChI=1S/C26H22N2O7/c1-15(2)23(30)27-18-8-5-16(6-9-18)22(29)14-35-26(33)17-7-10-20-21(12-17)25(32)28(24(20)31)13-19-4-3-11-34-19/h3-12,15H,13-14H2,1-2H3,(H,27,30). The van der Waals surface area contributed by atoms with Crippen LogP contribution < -0.4 is 5.32 Å². The average Bonchev–Trinajstić information content (AvgIpc) is 3.45. The molecule has 0 radical (unpaired) electrons. The Morgan fingerprint density at radius 1 is 0.943 bits per heavy atom. The van der Waals surface area contributed by atoms with Crippen molar-refractivity contribution in [3.63, 3.8) is 0 Å². The van der Waals surface area contributed by atoms with Crippen LogP contribution in [0.1, 0.15) is 61.0 Å². The van der Waals surface area contributed by atoms with E-state index in [4.69, 9.17) is 9.15 Å². The first-order valence-corrected chi connectivity index (χ1v) is 10.9. The van der Waals surface area contributed by atoms with Crippen LogP contribution in [-0.2, 0) is 16.1 Å². The Morgan fingerprint density at radius 2 is 1.63 bits per heavy atom. The molecule has 2 heterocycles. The number of anilines is 1.